The molecule has 1 atom stereocenters. The zero-order valence-electron chi connectivity index (χ0n) is 14.0. The second-order valence-electron chi connectivity index (χ2n) is 4.59. The van der Waals surface area contributed by atoms with E-state index in [0.29, 0.717) is 0 Å². The van der Waals surface area contributed by atoms with Gasteiger partial charge in [-0.15, -0.1) is 0 Å². The summed E-state index contributed by atoms with van der Waals surface area (Å²) in [6, 6.07) is 0. The van der Waals surface area contributed by atoms with Crippen molar-refractivity contribution in [2.24, 2.45) is 5.16 Å². The Kier molecular flexibility index (Phi) is 6.78. The Balaban J connectivity index is 3.36. The van der Waals surface area contributed by atoms with Crippen molar-refractivity contribution in [3.8, 4) is 0 Å². The zero-order valence-corrected chi connectivity index (χ0v) is 14.0. The zero-order chi connectivity index (χ0) is 18.3. The molecule has 0 bridgehead atoms. The van der Waals surface area contributed by atoms with E-state index in [0.717, 1.165) is 0 Å². The summed E-state index contributed by atoms with van der Waals surface area (Å²) in [5.41, 5.74) is 0.186. The molecule has 0 spiro atoms. The van der Waals surface area contributed by atoms with Gasteiger partial charge in [-0.05, 0) is 6.92 Å². The van der Waals surface area contributed by atoms with E-state index in [2.05, 4.69) is 30.6 Å². The van der Waals surface area contributed by atoms with Gasteiger partial charge in [-0.1, -0.05) is 5.16 Å². The molecule has 10 heteroatoms. The fraction of sp³-hybridized carbons (Fsp3) is 0.429. The highest BCUT2D eigenvalue weighted by atomic mass is 16.7. The van der Waals surface area contributed by atoms with Crippen molar-refractivity contribution in [1.82, 2.24) is 15.3 Å². The molecule has 130 valence electrons. The standard InChI is InChI=1S/C14H19N5O5/c1-7(23-8(2)20)11(19-24-9(3)21)10-6-17-13(15-4)12(18-10)14(22)16-5/h6-7H,1-5H3,(H,15,17)(H,16,22)/b19-11+/t7-/m1/s1. The number of nitrogens with one attached hydrogen (secondary N) is 2. The first-order valence-corrected chi connectivity index (χ1v) is 7.00. The normalized spacial score (nSPS) is 12.1. The number of hydrogen-bond donors (Lipinski definition) is 2. The van der Waals surface area contributed by atoms with Gasteiger partial charge in [0, 0.05) is 27.9 Å². The third-order valence-electron chi connectivity index (χ3n) is 2.71. The van der Waals surface area contributed by atoms with Crippen molar-refractivity contribution in [3.05, 3.63) is 17.6 Å². The van der Waals surface area contributed by atoms with E-state index in [1.54, 1.807) is 7.05 Å². The van der Waals surface area contributed by atoms with Gasteiger partial charge in [0.25, 0.3) is 5.91 Å². The molecule has 0 aliphatic carbocycles. The molecular formula is C14H19N5O5. The van der Waals surface area contributed by atoms with Crippen LogP contribution in [0.15, 0.2) is 11.4 Å². The number of ether oxygens (including phenoxy) is 1. The third kappa shape index (κ3) is 5.00. The van der Waals surface area contributed by atoms with E-state index in [1.165, 1.54) is 34.0 Å². The van der Waals surface area contributed by atoms with Crippen LogP contribution < -0.4 is 10.6 Å². The van der Waals surface area contributed by atoms with Gasteiger partial charge in [0.05, 0.1) is 6.20 Å². The van der Waals surface area contributed by atoms with Crippen molar-refractivity contribution in [1.29, 1.82) is 0 Å². The number of oxime groups is 1. The van der Waals surface area contributed by atoms with Crippen molar-refractivity contribution in [2.45, 2.75) is 26.9 Å². The number of nitrogens with zero attached hydrogens (tertiary/aromatic N) is 3. The fourth-order valence-electron chi connectivity index (χ4n) is 1.72. The summed E-state index contributed by atoms with van der Waals surface area (Å²) in [5.74, 6) is -1.43. The number of carbonyl (C=O) groups is 3. The lowest BCUT2D eigenvalue weighted by Gasteiger charge is -2.15. The summed E-state index contributed by atoms with van der Waals surface area (Å²) in [6.07, 6.45) is 0.453. The smallest absolute Gasteiger partial charge is 0.331 e. The minimum Gasteiger partial charge on any atom is -0.456 e. The molecule has 2 N–H and O–H groups in total. The van der Waals surface area contributed by atoms with E-state index < -0.39 is 23.9 Å². The Morgan fingerprint density at radius 2 is 1.88 bits per heavy atom. The van der Waals surface area contributed by atoms with Crippen molar-refractivity contribution >= 4 is 29.4 Å². The molecule has 1 heterocycles. The third-order valence-corrected chi connectivity index (χ3v) is 2.71. The maximum absolute atomic E-state index is 11.9. The van der Waals surface area contributed by atoms with Crippen molar-refractivity contribution in [3.63, 3.8) is 0 Å². The Labute approximate surface area is 138 Å². The van der Waals surface area contributed by atoms with Crippen LogP contribution in [0.25, 0.3) is 0 Å². The first kappa shape index (κ1) is 19.0. The van der Waals surface area contributed by atoms with Crippen LogP contribution >= 0.6 is 0 Å². The van der Waals surface area contributed by atoms with Gasteiger partial charge in [-0.2, -0.15) is 0 Å². The molecule has 1 amide bonds. The Bertz CT molecular complexity index is 674. The van der Waals surface area contributed by atoms with Crippen LogP contribution in [0.2, 0.25) is 0 Å². The molecular weight excluding hydrogens is 318 g/mol. The first-order valence-electron chi connectivity index (χ1n) is 7.00. The molecule has 1 rings (SSSR count). The second kappa shape index (κ2) is 8.56. The van der Waals surface area contributed by atoms with Gasteiger partial charge >= 0.3 is 11.9 Å². The summed E-state index contributed by atoms with van der Waals surface area (Å²) in [7, 11) is 3.04. The predicted octanol–water partition coefficient (Wildman–Crippen LogP) is 0.0967. The fourth-order valence-corrected chi connectivity index (χ4v) is 1.72. The Morgan fingerprint density at radius 3 is 2.38 bits per heavy atom. The molecule has 0 unspecified atom stereocenters. The summed E-state index contributed by atoms with van der Waals surface area (Å²) in [4.78, 5) is 46.9. The van der Waals surface area contributed by atoms with Gasteiger partial charge in [-0.25, -0.2) is 14.8 Å². The lowest BCUT2D eigenvalue weighted by Crippen LogP contribution is -2.28. The minimum atomic E-state index is -0.867. The van der Waals surface area contributed by atoms with Gasteiger partial charge < -0.3 is 20.2 Å². The molecule has 1 aromatic rings. The van der Waals surface area contributed by atoms with Crippen LogP contribution in [-0.4, -0.2) is 53.7 Å². The van der Waals surface area contributed by atoms with Crippen LogP contribution in [0.4, 0.5) is 5.82 Å². The Morgan fingerprint density at radius 1 is 1.21 bits per heavy atom. The highest BCUT2D eigenvalue weighted by Crippen LogP contribution is 2.13. The summed E-state index contributed by atoms with van der Waals surface area (Å²) < 4.78 is 5.04. The van der Waals surface area contributed by atoms with Crippen molar-refractivity contribution < 1.29 is 24.0 Å². The van der Waals surface area contributed by atoms with Gasteiger partial charge in [0.15, 0.2) is 11.5 Å². The SMILES string of the molecule is CNC(=O)c1nc(/C(=N/OC(C)=O)[C@@H](C)OC(C)=O)cnc1NC. The number of carbonyl (C=O) groups excluding carboxylic acids is 3. The molecule has 24 heavy (non-hydrogen) atoms. The highest BCUT2D eigenvalue weighted by Gasteiger charge is 2.22. The van der Waals surface area contributed by atoms with Gasteiger partial charge in [0.2, 0.25) is 0 Å². The molecule has 1 aromatic heterocycles. The van der Waals surface area contributed by atoms with E-state index in [1.807, 2.05) is 0 Å². The average molecular weight is 337 g/mol. The molecule has 0 aliphatic heterocycles. The topological polar surface area (TPSA) is 132 Å². The number of esters is 1. The van der Waals surface area contributed by atoms with Gasteiger partial charge in [-0.3, -0.25) is 9.59 Å². The average Bonchev–Trinajstić information content (AvgIpc) is 2.53. The highest BCUT2D eigenvalue weighted by molar-refractivity contribution is 6.04. The van der Waals surface area contributed by atoms with Crippen molar-refractivity contribution in [2.75, 3.05) is 19.4 Å². The van der Waals surface area contributed by atoms with Crippen LogP contribution in [0, 0.1) is 0 Å². The number of aromatic nitrogens is 2. The van der Waals surface area contributed by atoms with Crippen LogP contribution in [0.3, 0.4) is 0 Å². The van der Waals surface area contributed by atoms with Gasteiger partial charge in [0.1, 0.15) is 17.5 Å². The molecule has 0 fully saturated rings. The van der Waals surface area contributed by atoms with E-state index >= 15 is 0 Å². The second-order valence-corrected chi connectivity index (χ2v) is 4.59. The molecule has 10 nitrogen and oxygen atoms in total. The first-order chi connectivity index (χ1) is 11.3. The number of anilines is 1. The number of rotatable bonds is 6. The molecule has 0 aromatic carbocycles. The monoisotopic (exact) mass is 337 g/mol. The molecule has 0 saturated carbocycles. The lowest BCUT2D eigenvalue weighted by atomic mass is 10.2. The molecule has 0 saturated heterocycles. The molecule has 0 radical (unpaired) electrons. The maximum Gasteiger partial charge on any atom is 0.331 e. The van der Waals surface area contributed by atoms with Crippen LogP contribution in [0.5, 0.6) is 0 Å². The minimum absolute atomic E-state index is 0.0167. The predicted molar refractivity (Wildman–Crippen MR) is 84.5 cm³/mol. The van der Waals surface area contributed by atoms with E-state index in [-0.39, 0.29) is 22.9 Å². The summed E-state index contributed by atoms with van der Waals surface area (Å²) in [6.45, 7) is 3.92. The van der Waals surface area contributed by atoms with Crippen LogP contribution in [-0.2, 0) is 19.2 Å². The Hall–Kier alpha value is -3.04. The van der Waals surface area contributed by atoms with Crippen LogP contribution in [0.1, 0.15) is 37.0 Å². The number of amides is 1. The summed E-state index contributed by atoms with van der Waals surface area (Å²) >= 11 is 0. The lowest BCUT2D eigenvalue weighted by molar-refractivity contribution is -0.142. The quantitative estimate of drug-likeness (QED) is 0.323. The maximum atomic E-state index is 11.9. The molecule has 0 aliphatic rings. The number of hydrogen-bond acceptors (Lipinski definition) is 9. The van der Waals surface area contributed by atoms with E-state index in [9.17, 15) is 14.4 Å². The summed E-state index contributed by atoms with van der Waals surface area (Å²) in [5, 5.41) is 8.85. The van der Waals surface area contributed by atoms with E-state index in [4.69, 9.17) is 4.74 Å². The largest absolute Gasteiger partial charge is 0.456 e.